The number of methoxy groups -OCH3 is 2. The first-order valence-electron chi connectivity index (χ1n) is 10.2. The molecule has 0 aromatic carbocycles. The number of nitrogens with two attached hydrogens (primary N) is 1. The molecule has 0 unspecified atom stereocenters. The fraction of sp³-hybridized carbons (Fsp3) is 0.650. The third-order valence-electron chi connectivity index (χ3n) is 5.18. The maximum Gasteiger partial charge on any atom is 0.322 e. The Kier molecular flexibility index (Phi) is 9.75. The number of carbonyl (C=O) groups is 1. The largest absolute Gasteiger partial charge is 0.464 e. The van der Waals surface area contributed by atoms with Crippen molar-refractivity contribution >= 4 is 17.3 Å². The van der Waals surface area contributed by atoms with Crippen LogP contribution in [0.5, 0.6) is 0 Å². The number of ether oxygens (including phenoxy) is 4. The Balaban J connectivity index is 1.89. The Morgan fingerprint density at radius 2 is 2.06 bits per heavy atom. The maximum atomic E-state index is 11.9. The van der Waals surface area contributed by atoms with Crippen molar-refractivity contribution in [2.45, 2.75) is 44.1 Å². The molecule has 0 bridgehead atoms. The van der Waals surface area contributed by atoms with E-state index in [9.17, 15) is 15.0 Å². The third-order valence-corrected chi connectivity index (χ3v) is 5.18. The molecule has 0 fully saturated rings. The number of aromatic nitrogens is 3. The molecule has 12 nitrogen and oxygen atoms in total. The van der Waals surface area contributed by atoms with E-state index >= 15 is 0 Å². The lowest BCUT2D eigenvalue weighted by Gasteiger charge is -2.35. The second kappa shape index (κ2) is 12.0. The molecule has 4 atom stereocenters. The van der Waals surface area contributed by atoms with E-state index in [4.69, 9.17) is 24.7 Å². The molecule has 0 saturated heterocycles. The van der Waals surface area contributed by atoms with E-state index in [2.05, 4.69) is 15.4 Å². The molecule has 12 heteroatoms. The van der Waals surface area contributed by atoms with Gasteiger partial charge in [-0.15, -0.1) is 0 Å². The summed E-state index contributed by atoms with van der Waals surface area (Å²) in [6, 6.07) is 2.67. The van der Waals surface area contributed by atoms with E-state index in [0.29, 0.717) is 24.2 Å². The lowest BCUT2D eigenvalue weighted by molar-refractivity contribution is -0.167. The number of rotatable bonds is 14. The molecule has 2 aromatic rings. The number of nitrogens with zero attached hydrogens (tertiary/aromatic N) is 3. The normalized spacial score (nSPS) is 16.4. The van der Waals surface area contributed by atoms with Gasteiger partial charge in [-0.3, -0.25) is 10.1 Å². The molecule has 180 valence electrons. The van der Waals surface area contributed by atoms with Crippen LogP contribution in [-0.2, 0) is 23.7 Å². The van der Waals surface area contributed by atoms with Crippen LogP contribution in [0.4, 0.5) is 5.82 Å². The molecule has 0 radical (unpaired) electrons. The number of fused-ring (bicyclic) bond motifs is 1. The molecule has 5 N–H and O–H groups in total. The second-order valence-electron chi connectivity index (χ2n) is 7.54. The van der Waals surface area contributed by atoms with Gasteiger partial charge < -0.3 is 34.9 Å². The van der Waals surface area contributed by atoms with Crippen LogP contribution in [0.15, 0.2) is 18.5 Å². The number of carbonyl (C=O) groups excluding carboxylic acids is 1. The first-order valence-corrected chi connectivity index (χ1v) is 10.2. The van der Waals surface area contributed by atoms with Crippen LogP contribution in [0.2, 0.25) is 0 Å². The zero-order chi connectivity index (χ0) is 23.7. The minimum absolute atomic E-state index is 0.00786. The molecule has 0 saturated carbocycles. The summed E-state index contributed by atoms with van der Waals surface area (Å²) >= 11 is 0. The summed E-state index contributed by atoms with van der Waals surface area (Å²) in [4.78, 5) is 15.8. The van der Waals surface area contributed by atoms with Gasteiger partial charge in [0.2, 0.25) is 0 Å². The molecule has 0 aliphatic rings. The van der Waals surface area contributed by atoms with Crippen LogP contribution >= 0.6 is 0 Å². The van der Waals surface area contributed by atoms with Gasteiger partial charge in [0.15, 0.2) is 5.82 Å². The van der Waals surface area contributed by atoms with Crippen molar-refractivity contribution < 1.29 is 34.0 Å². The van der Waals surface area contributed by atoms with Gasteiger partial charge in [-0.1, -0.05) is 0 Å². The SMILES string of the molecule is COCCCOC(=O)[C@H](C)NCOC[C@@](C)(OC)[C@@H](O)[C@@H](O)c1ccc2c(N)ncnn12. The fourth-order valence-electron chi connectivity index (χ4n) is 2.98. The zero-order valence-electron chi connectivity index (χ0n) is 18.9. The lowest BCUT2D eigenvalue weighted by Crippen LogP contribution is -2.49. The minimum Gasteiger partial charge on any atom is -0.464 e. The maximum absolute atomic E-state index is 11.9. The molecule has 0 amide bonds. The summed E-state index contributed by atoms with van der Waals surface area (Å²) in [6.07, 6.45) is -0.814. The highest BCUT2D eigenvalue weighted by Crippen LogP contribution is 2.29. The average molecular weight is 456 g/mol. The van der Waals surface area contributed by atoms with Crippen LogP contribution < -0.4 is 11.1 Å². The number of hydrogen-bond donors (Lipinski definition) is 4. The molecule has 0 aliphatic heterocycles. The van der Waals surface area contributed by atoms with E-state index in [1.54, 1.807) is 33.1 Å². The molecular formula is C20H33N5O7. The summed E-state index contributed by atoms with van der Waals surface area (Å²) in [5.74, 6) is -0.153. The Morgan fingerprint density at radius 1 is 1.31 bits per heavy atom. The third kappa shape index (κ3) is 6.34. The number of anilines is 1. The van der Waals surface area contributed by atoms with Gasteiger partial charge in [0.05, 0.1) is 25.6 Å². The van der Waals surface area contributed by atoms with E-state index in [-0.39, 0.29) is 25.8 Å². The number of nitrogens with one attached hydrogen (secondary N) is 1. The van der Waals surface area contributed by atoms with Crippen molar-refractivity contribution in [3.63, 3.8) is 0 Å². The average Bonchev–Trinajstić information content (AvgIpc) is 3.23. The van der Waals surface area contributed by atoms with Crippen LogP contribution in [0, 0.1) is 0 Å². The van der Waals surface area contributed by atoms with Gasteiger partial charge in [-0.25, -0.2) is 9.50 Å². The predicted molar refractivity (Wildman–Crippen MR) is 115 cm³/mol. The topological polar surface area (TPSA) is 163 Å². The van der Waals surface area contributed by atoms with E-state index in [0.717, 1.165) is 0 Å². The smallest absolute Gasteiger partial charge is 0.322 e. The molecule has 0 spiro atoms. The number of esters is 1. The number of aliphatic hydroxyl groups excluding tert-OH is 2. The zero-order valence-corrected chi connectivity index (χ0v) is 18.9. The second-order valence-corrected chi connectivity index (χ2v) is 7.54. The number of hydrogen-bond acceptors (Lipinski definition) is 11. The quantitative estimate of drug-likeness (QED) is 0.167. The number of nitrogen functional groups attached to an aromatic ring is 1. The van der Waals surface area contributed by atoms with Crippen molar-refractivity contribution in [2.24, 2.45) is 0 Å². The summed E-state index contributed by atoms with van der Waals surface area (Å²) in [6.45, 7) is 3.99. The van der Waals surface area contributed by atoms with Gasteiger partial charge in [-0.2, -0.15) is 5.10 Å². The Morgan fingerprint density at radius 3 is 2.75 bits per heavy atom. The first-order chi connectivity index (χ1) is 15.2. The molecule has 0 aliphatic carbocycles. The van der Waals surface area contributed by atoms with Crippen LogP contribution in [0.25, 0.3) is 5.52 Å². The van der Waals surface area contributed by atoms with Gasteiger partial charge in [-0.05, 0) is 26.0 Å². The van der Waals surface area contributed by atoms with E-state index < -0.39 is 29.8 Å². The monoisotopic (exact) mass is 455 g/mol. The van der Waals surface area contributed by atoms with Gasteiger partial charge in [0.1, 0.15) is 35.7 Å². The Hall–Kier alpha value is -2.35. The number of aliphatic hydroxyl groups is 2. The highest BCUT2D eigenvalue weighted by molar-refractivity contribution is 5.75. The molecular weight excluding hydrogens is 422 g/mol. The molecule has 2 rings (SSSR count). The van der Waals surface area contributed by atoms with Gasteiger partial charge in [0.25, 0.3) is 0 Å². The highest BCUT2D eigenvalue weighted by atomic mass is 16.6. The van der Waals surface area contributed by atoms with Gasteiger partial charge >= 0.3 is 5.97 Å². The summed E-state index contributed by atoms with van der Waals surface area (Å²) in [5, 5.41) is 28.6. The highest BCUT2D eigenvalue weighted by Gasteiger charge is 2.40. The summed E-state index contributed by atoms with van der Waals surface area (Å²) in [7, 11) is 2.99. The summed E-state index contributed by atoms with van der Waals surface area (Å²) < 4.78 is 22.4. The summed E-state index contributed by atoms with van der Waals surface area (Å²) in [5.41, 5.74) is 5.40. The Labute approximate surface area is 186 Å². The molecule has 2 heterocycles. The van der Waals surface area contributed by atoms with Crippen molar-refractivity contribution in [1.29, 1.82) is 0 Å². The molecule has 2 aromatic heterocycles. The lowest BCUT2D eigenvalue weighted by atomic mass is 9.93. The van der Waals surface area contributed by atoms with Crippen molar-refractivity contribution in [3.05, 3.63) is 24.2 Å². The van der Waals surface area contributed by atoms with Crippen molar-refractivity contribution in [1.82, 2.24) is 19.9 Å². The fourth-order valence-corrected chi connectivity index (χ4v) is 2.98. The Bertz CT molecular complexity index is 864. The van der Waals surface area contributed by atoms with E-state index in [1.165, 1.54) is 18.0 Å². The van der Waals surface area contributed by atoms with Crippen LogP contribution in [0.1, 0.15) is 32.1 Å². The minimum atomic E-state index is -1.36. The standard InChI is InChI=1S/C20H33N5O7/c1-13(19(28)32-9-5-8-29-3)23-12-31-10-20(2,30-4)17(27)16(26)14-6-7-15-18(21)22-11-24-25(14)15/h6-7,11,13,16-17,23,26-27H,5,8-10,12H2,1-4H3,(H2,21,22,24)/t13-,16-,17-,20+/m0/s1. The van der Waals surface area contributed by atoms with Gasteiger partial charge in [0, 0.05) is 27.2 Å². The van der Waals surface area contributed by atoms with E-state index in [1.807, 2.05) is 0 Å². The van der Waals surface area contributed by atoms with Crippen molar-refractivity contribution in [3.8, 4) is 0 Å². The van der Waals surface area contributed by atoms with Crippen molar-refractivity contribution in [2.75, 3.05) is 46.5 Å². The first kappa shape index (κ1) is 25.9. The predicted octanol–water partition coefficient (Wildman–Crippen LogP) is -0.357. The molecule has 32 heavy (non-hydrogen) atoms. The van der Waals surface area contributed by atoms with Crippen LogP contribution in [0.3, 0.4) is 0 Å². The van der Waals surface area contributed by atoms with Crippen LogP contribution in [-0.4, -0.2) is 89.3 Å².